The van der Waals surface area contributed by atoms with Crippen LogP contribution in [0.2, 0.25) is 0 Å². The van der Waals surface area contributed by atoms with E-state index in [4.69, 9.17) is 13.9 Å². The summed E-state index contributed by atoms with van der Waals surface area (Å²) in [7, 11) is 0. The van der Waals surface area contributed by atoms with Crippen molar-refractivity contribution in [2.45, 2.75) is 46.6 Å². The van der Waals surface area contributed by atoms with Crippen LogP contribution in [0.5, 0.6) is 11.5 Å². The topological polar surface area (TPSA) is 69.4 Å². The average Bonchev–Trinajstić information content (AvgIpc) is 3.22. The van der Waals surface area contributed by atoms with Crippen LogP contribution < -0.4 is 14.8 Å². The predicted octanol–water partition coefficient (Wildman–Crippen LogP) is 5.80. The predicted molar refractivity (Wildman–Crippen MR) is 115 cm³/mol. The Bertz CT molecular complexity index is 906. The van der Waals surface area contributed by atoms with Crippen molar-refractivity contribution in [3.63, 3.8) is 0 Å². The van der Waals surface area contributed by atoms with Crippen LogP contribution in [0.3, 0.4) is 0 Å². The first-order chi connectivity index (χ1) is 14.1. The summed E-state index contributed by atoms with van der Waals surface area (Å²) in [6.45, 7) is 9.50. The van der Waals surface area contributed by atoms with Gasteiger partial charge in [-0.05, 0) is 51.0 Å². The van der Waals surface area contributed by atoms with Crippen LogP contribution in [0.15, 0.2) is 46.9 Å². The van der Waals surface area contributed by atoms with Crippen LogP contribution in [0.1, 0.15) is 51.1 Å². The molecule has 0 aliphatic rings. The van der Waals surface area contributed by atoms with E-state index >= 15 is 0 Å². The molecular weight excluding hydrogens is 366 g/mol. The van der Waals surface area contributed by atoms with Gasteiger partial charge < -0.3 is 19.2 Å². The van der Waals surface area contributed by atoms with E-state index < -0.39 is 0 Å². The van der Waals surface area contributed by atoms with Gasteiger partial charge in [-0.1, -0.05) is 31.5 Å². The number of aryl methyl sites for hydroxylation is 1. The molecule has 0 fully saturated rings. The number of hydrogen-bond acceptors (Lipinski definition) is 6. The smallest absolute Gasteiger partial charge is 0.247 e. The number of benzene rings is 2. The van der Waals surface area contributed by atoms with Crippen molar-refractivity contribution in [2.24, 2.45) is 0 Å². The van der Waals surface area contributed by atoms with Gasteiger partial charge in [0.25, 0.3) is 0 Å². The molecule has 0 radical (unpaired) electrons. The van der Waals surface area contributed by atoms with Gasteiger partial charge in [0.1, 0.15) is 6.04 Å². The summed E-state index contributed by atoms with van der Waals surface area (Å²) in [5.41, 5.74) is 3.01. The van der Waals surface area contributed by atoms with Crippen molar-refractivity contribution in [3.8, 4) is 23.0 Å². The van der Waals surface area contributed by atoms with E-state index in [1.807, 2.05) is 56.3 Å². The molecule has 0 aliphatic carbocycles. The molecule has 1 N–H and O–H groups in total. The number of aromatic nitrogens is 2. The third-order valence-corrected chi connectivity index (χ3v) is 4.36. The fourth-order valence-electron chi connectivity index (χ4n) is 2.79. The van der Waals surface area contributed by atoms with Gasteiger partial charge >= 0.3 is 0 Å². The molecule has 1 aromatic heterocycles. The van der Waals surface area contributed by atoms with Crippen molar-refractivity contribution in [1.82, 2.24) is 10.2 Å². The molecule has 0 aliphatic heterocycles. The molecule has 1 atom stereocenters. The van der Waals surface area contributed by atoms with Gasteiger partial charge in [0.2, 0.25) is 11.8 Å². The Hall–Kier alpha value is -3.02. The Morgan fingerprint density at radius 2 is 1.62 bits per heavy atom. The summed E-state index contributed by atoms with van der Waals surface area (Å²) >= 11 is 0. The van der Waals surface area contributed by atoms with Gasteiger partial charge in [0, 0.05) is 17.3 Å². The van der Waals surface area contributed by atoms with E-state index in [-0.39, 0.29) is 6.04 Å². The van der Waals surface area contributed by atoms with E-state index in [9.17, 15) is 0 Å². The number of nitrogens with one attached hydrogen (secondary N) is 1. The van der Waals surface area contributed by atoms with E-state index in [0.717, 1.165) is 35.6 Å². The fourth-order valence-corrected chi connectivity index (χ4v) is 2.79. The number of anilines is 1. The maximum Gasteiger partial charge on any atom is 0.247 e. The minimum Gasteiger partial charge on any atom is -0.490 e. The first-order valence-corrected chi connectivity index (χ1v) is 10.2. The maximum atomic E-state index is 5.87. The van der Waals surface area contributed by atoms with Crippen LogP contribution in [-0.2, 0) is 0 Å². The van der Waals surface area contributed by atoms with Crippen molar-refractivity contribution in [3.05, 3.63) is 53.9 Å². The second-order valence-corrected chi connectivity index (χ2v) is 7.04. The third-order valence-electron chi connectivity index (χ3n) is 4.36. The van der Waals surface area contributed by atoms with Crippen molar-refractivity contribution >= 4 is 5.69 Å². The molecule has 0 saturated heterocycles. The molecule has 1 unspecified atom stereocenters. The highest BCUT2D eigenvalue weighted by Gasteiger charge is 2.16. The van der Waals surface area contributed by atoms with E-state index in [1.165, 1.54) is 5.56 Å². The standard InChI is InChI=1S/C23H29N3O3/c1-5-13-27-20-12-11-19(15-21(20)28-14-6-2)24-17(4)22-25-26-23(29-22)18-9-7-16(3)8-10-18/h7-12,15,17,24H,5-6,13-14H2,1-4H3. The van der Waals surface area contributed by atoms with E-state index in [2.05, 4.69) is 29.4 Å². The monoisotopic (exact) mass is 395 g/mol. The van der Waals surface area contributed by atoms with Gasteiger partial charge in [-0.3, -0.25) is 0 Å². The Morgan fingerprint density at radius 3 is 2.31 bits per heavy atom. The summed E-state index contributed by atoms with van der Waals surface area (Å²) in [6.07, 6.45) is 1.88. The summed E-state index contributed by atoms with van der Waals surface area (Å²) < 4.78 is 17.5. The molecule has 29 heavy (non-hydrogen) atoms. The highest BCUT2D eigenvalue weighted by atomic mass is 16.5. The minimum absolute atomic E-state index is 0.150. The Labute approximate surface area is 172 Å². The van der Waals surface area contributed by atoms with Crippen LogP contribution in [-0.4, -0.2) is 23.4 Å². The zero-order valence-electron chi connectivity index (χ0n) is 17.6. The molecule has 3 rings (SSSR count). The first kappa shape index (κ1) is 20.7. The van der Waals surface area contributed by atoms with Gasteiger partial charge in [-0.25, -0.2) is 0 Å². The summed E-state index contributed by atoms with van der Waals surface area (Å²) in [4.78, 5) is 0. The lowest BCUT2D eigenvalue weighted by Gasteiger charge is -2.16. The molecular formula is C23H29N3O3. The van der Waals surface area contributed by atoms with Gasteiger partial charge in [-0.15, -0.1) is 10.2 Å². The van der Waals surface area contributed by atoms with Crippen molar-refractivity contribution in [2.75, 3.05) is 18.5 Å². The molecule has 154 valence electrons. The summed E-state index contributed by atoms with van der Waals surface area (Å²) in [5.74, 6) is 2.55. The summed E-state index contributed by atoms with van der Waals surface area (Å²) in [6, 6.07) is 13.7. The Balaban J connectivity index is 1.72. The number of ether oxygens (including phenoxy) is 2. The maximum absolute atomic E-state index is 5.87. The molecule has 0 spiro atoms. The quantitative estimate of drug-likeness (QED) is 0.468. The molecule has 2 aromatic carbocycles. The lowest BCUT2D eigenvalue weighted by Crippen LogP contribution is -2.08. The molecule has 1 heterocycles. The van der Waals surface area contributed by atoms with Crippen molar-refractivity contribution < 1.29 is 13.9 Å². The molecule has 0 saturated carbocycles. The molecule has 6 nitrogen and oxygen atoms in total. The number of nitrogens with zero attached hydrogens (tertiary/aromatic N) is 2. The zero-order chi connectivity index (χ0) is 20.6. The minimum atomic E-state index is -0.150. The SMILES string of the molecule is CCCOc1ccc(NC(C)c2nnc(-c3ccc(C)cc3)o2)cc1OCCC. The average molecular weight is 396 g/mol. The largest absolute Gasteiger partial charge is 0.490 e. The third kappa shape index (κ3) is 5.50. The van der Waals surface area contributed by atoms with E-state index in [0.29, 0.717) is 25.0 Å². The fraction of sp³-hybridized carbons (Fsp3) is 0.391. The first-order valence-electron chi connectivity index (χ1n) is 10.2. The van der Waals surface area contributed by atoms with Crippen molar-refractivity contribution in [1.29, 1.82) is 0 Å². The number of hydrogen-bond donors (Lipinski definition) is 1. The lowest BCUT2D eigenvalue weighted by atomic mass is 10.1. The van der Waals surface area contributed by atoms with Crippen LogP contribution >= 0.6 is 0 Å². The molecule has 0 bridgehead atoms. The zero-order valence-corrected chi connectivity index (χ0v) is 17.6. The van der Waals surface area contributed by atoms with Crippen LogP contribution in [0.25, 0.3) is 11.5 Å². The lowest BCUT2D eigenvalue weighted by molar-refractivity contribution is 0.268. The van der Waals surface area contributed by atoms with Crippen LogP contribution in [0.4, 0.5) is 5.69 Å². The second kappa shape index (κ2) is 9.96. The Kier molecular flexibility index (Phi) is 7.11. The van der Waals surface area contributed by atoms with Gasteiger partial charge in [0.15, 0.2) is 11.5 Å². The highest BCUT2D eigenvalue weighted by molar-refractivity contribution is 5.56. The molecule has 3 aromatic rings. The normalized spacial score (nSPS) is 11.9. The number of rotatable bonds is 10. The summed E-state index contributed by atoms with van der Waals surface area (Å²) in [5, 5.41) is 11.8. The molecule has 6 heteroatoms. The Morgan fingerprint density at radius 1 is 0.931 bits per heavy atom. The second-order valence-electron chi connectivity index (χ2n) is 7.04. The van der Waals surface area contributed by atoms with Gasteiger partial charge in [0.05, 0.1) is 13.2 Å². The van der Waals surface area contributed by atoms with E-state index in [1.54, 1.807) is 0 Å². The van der Waals surface area contributed by atoms with Crippen LogP contribution in [0, 0.1) is 6.92 Å². The molecule has 0 amide bonds. The van der Waals surface area contributed by atoms with Gasteiger partial charge in [-0.2, -0.15) is 0 Å². The highest BCUT2D eigenvalue weighted by Crippen LogP contribution is 2.32.